The lowest BCUT2D eigenvalue weighted by molar-refractivity contribution is 0.661. The van der Waals surface area contributed by atoms with E-state index in [2.05, 4.69) is 126 Å². The van der Waals surface area contributed by atoms with E-state index in [1.165, 1.54) is 36.7 Å². The first-order chi connectivity index (χ1) is 25.1. The van der Waals surface area contributed by atoms with Crippen LogP contribution in [0.4, 0.5) is 0 Å². The number of hydrogen-bond acceptors (Lipinski definition) is 4. The third kappa shape index (κ3) is 4.52. The largest absolute Gasteiger partial charge is 0.450 e. The molecule has 51 heavy (non-hydrogen) atoms. The van der Waals surface area contributed by atoms with Gasteiger partial charge in [-0.15, -0.1) is 11.3 Å². The standard InChI is InChI=1S/C45H28ClN3OS/c1-3-27(28-14-6-4-7-15-28)24-34-26(2)49(44-42-40(47-45(46)48-44)33-20-12-13-21-36(33)50-42)41-38(34)31-18-10-11-19-32(31)39-35-25-30(29-16-8-5-9-17-29)22-23-37(35)51-43(39)41/h3-25H,1H2,2H3/b27-24+. The lowest BCUT2D eigenvalue weighted by Crippen LogP contribution is -2.02. The second-order valence-corrected chi connectivity index (χ2v) is 14.1. The molecule has 0 unspecified atom stereocenters. The van der Waals surface area contributed by atoms with Crippen LogP contribution in [0.1, 0.15) is 16.8 Å². The molecule has 0 aliphatic carbocycles. The minimum absolute atomic E-state index is 0.166. The highest BCUT2D eigenvalue weighted by atomic mass is 35.5. The van der Waals surface area contributed by atoms with Crippen molar-refractivity contribution >= 4 is 98.5 Å². The van der Waals surface area contributed by atoms with E-state index in [0.717, 1.165) is 49.7 Å². The van der Waals surface area contributed by atoms with E-state index in [0.29, 0.717) is 16.9 Å². The number of thiophene rings is 1. The molecule has 4 heterocycles. The number of fused-ring (bicyclic) bond motifs is 11. The summed E-state index contributed by atoms with van der Waals surface area (Å²) in [4.78, 5) is 9.61. The number of allylic oxidation sites excluding steroid dienone is 2. The van der Waals surface area contributed by atoms with Crippen molar-refractivity contribution in [1.82, 2.24) is 14.5 Å². The van der Waals surface area contributed by atoms with Gasteiger partial charge in [0, 0.05) is 37.5 Å². The maximum Gasteiger partial charge on any atom is 0.225 e. The number of rotatable bonds is 5. The molecule has 0 aliphatic rings. The predicted molar refractivity (Wildman–Crippen MR) is 216 cm³/mol. The van der Waals surface area contributed by atoms with E-state index in [9.17, 15) is 0 Å². The Morgan fingerprint density at radius 2 is 1.43 bits per heavy atom. The molecule has 0 bridgehead atoms. The summed E-state index contributed by atoms with van der Waals surface area (Å²) in [5.74, 6) is 0.613. The van der Waals surface area contributed by atoms with Gasteiger partial charge in [-0.1, -0.05) is 116 Å². The van der Waals surface area contributed by atoms with Gasteiger partial charge in [-0.05, 0) is 81.9 Å². The first kappa shape index (κ1) is 29.9. The Labute approximate surface area is 302 Å². The van der Waals surface area contributed by atoms with E-state index in [1.807, 2.05) is 47.7 Å². The van der Waals surface area contributed by atoms with Crippen LogP contribution in [0.3, 0.4) is 0 Å². The maximum absolute atomic E-state index is 6.78. The Morgan fingerprint density at radius 1 is 0.745 bits per heavy atom. The number of para-hydroxylation sites is 1. The van der Waals surface area contributed by atoms with Gasteiger partial charge in [-0.25, -0.2) is 4.98 Å². The highest BCUT2D eigenvalue weighted by Gasteiger charge is 2.27. The third-order valence-electron chi connectivity index (χ3n) is 9.94. The number of hydrogen-bond donors (Lipinski definition) is 0. The summed E-state index contributed by atoms with van der Waals surface area (Å²) in [7, 11) is 0. The number of nitrogens with zero attached hydrogens (tertiary/aromatic N) is 3. The molecule has 0 spiro atoms. The monoisotopic (exact) mass is 693 g/mol. The van der Waals surface area contributed by atoms with Gasteiger partial charge in [0.1, 0.15) is 11.1 Å². The number of halogens is 1. The fourth-order valence-corrected chi connectivity index (χ4v) is 9.05. The molecule has 0 saturated heterocycles. The van der Waals surface area contributed by atoms with Gasteiger partial charge in [0.05, 0.1) is 10.2 Å². The van der Waals surface area contributed by atoms with Crippen molar-refractivity contribution in [2.75, 3.05) is 0 Å². The zero-order valence-electron chi connectivity index (χ0n) is 27.5. The molecule has 4 aromatic heterocycles. The van der Waals surface area contributed by atoms with E-state index in [4.69, 9.17) is 21.0 Å². The van der Waals surface area contributed by atoms with Crippen LogP contribution in [-0.4, -0.2) is 14.5 Å². The third-order valence-corrected chi connectivity index (χ3v) is 11.3. The van der Waals surface area contributed by atoms with Gasteiger partial charge in [-0.3, -0.25) is 4.57 Å². The molecule has 10 rings (SSSR count). The molecule has 6 aromatic carbocycles. The van der Waals surface area contributed by atoms with Crippen LogP contribution in [0.25, 0.3) is 92.5 Å². The number of aromatic nitrogens is 3. The van der Waals surface area contributed by atoms with Crippen molar-refractivity contribution in [2.45, 2.75) is 6.92 Å². The SMILES string of the molecule is C=C/C(=C\c1c(C)n(-c2nc(Cl)nc3c2oc2ccccc23)c2c3sc4ccc(-c5ccccc5)cc4c3c3ccccc3c12)c1ccccc1. The molecular weight excluding hydrogens is 666 g/mol. The average Bonchev–Trinajstić information content (AvgIpc) is 3.83. The van der Waals surface area contributed by atoms with Crippen LogP contribution in [0.2, 0.25) is 5.28 Å². The second kappa shape index (κ2) is 11.5. The highest BCUT2D eigenvalue weighted by Crippen LogP contribution is 2.49. The molecule has 0 atom stereocenters. The van der Waals surface area contributed by atoms with Crippen molar-refractivity contribution in [3.63, 3.8) is 0 Å². The fraction of sp³-hybridized carbons (Fsp3) is 0.0222. The van der Waals surface area contributed by atoms with Crippen LogP contribution < -0.4 is 0 Å². The Balaban J connectivity index is 1.41. The van der Waals surface area contributed by atoms with Gasteiger partial charge < -0.3 is 4.42 Å². The second-order valence-electron chi connectivity index (χ2n) is 12.7. The molecule has 0 N–H and O–H groups in total. The summed E-state index contributed by atoms with van der Waals surface area (Å²) in [6.07, 6.45) is 4.19. The van der Waals surface area contributed by atoms with Crippen molar-refractivity contribution in [2.24, 2.45) is 0 Å². The highest BCUT2D eigenvalue weighted by molar-refractivity contribution is 7.27. The molecule has 0 fully saturated rings. The first-order valence-electron chi connectivity index (χ1n) is 16.8. The molecule has 6 heteroatoms. The van der Waals surface area contributed by atoms with Crippen molar-refractivity contribution in [3.05, 3.63) is 162 Å². The molecule has 0 saturated carbocycles. The van der Waals surface area contributed by atoms with Crippen LogP contribution in [0.5, 0.6) is 0 Å². The van der Waals surface area contributed by atoms with E-state index >= 15 is 0 Å². The lowest BCUT2D eigenvalue weighted by atomic mass is 9.95. The lowest BCUT2D eigenvalue weighted by Gasteiger charge is -2.10. The predicted octanol–water partition coefficient (Wildman–Crippen LogP) is 13.2. The summed E-state index contributed by atoms with van der Waals surface area (Å²) in [6, 6.07) is 44.5. The van der Waals surface area contributed by atoms with Crippen molar-refractivity contribution in [1.29, 1.82) is 0 Å². The smallest absolute Gasteiger partial charge is 0.225 e. The molecule has 242 valence electrons. The van der Waals surface area contributed by atoms with E-state index < -0.39 is 0 Å². The zero-order valence-corrected chi connectivity index (χ0v) is 29.1. The Morgan fingerprint density at radius 3 is 2.20 bits per heavy atom. The summed E-state index contributed by atoms with van der Waals surface area (Å²) in [5, 5.41) is 7.02. The van der Waals surface area contributed by atoms with Crippen molar-refractivity contribution in [3.8, 4) is 16.9 Å². The fourth-order valence-electron chi connectivity index (χ4n) is 7.65. The van der Waals surface area contributed by atoms with Gasteiger partial charge >= 0.3 is 0 Å². The Bertz CT molecular complexity index is 3060. The van der Waals surface area contributed by atoms with Crippen LogP contribution >= 0.6 is 22.9 Å². The quantitative estimate of drug-likeness (QED) is 0.133. The summed E-state index contributed by atoms with van der Waals surface area (Å²) in [6.45, 7) is 6.39. The summed E-state index contributed by atoms with van der Waals surface area (Å²) < 4.78 is 11.2. The minimum atomic E-state index is 0.166. The number of furan rings is 1. The van der Waals surface area contributed by atoms with Crippen LogP contribution in [0, 0.1) is 6.92 Å². The van der Waals surface area contributed by atoms with E-state index in [1.54, 1.807) is 0 Å². The van der Waals surface area contributed by atoms with Gasteiger partial charge in [0.15, 0.2) is 11.4 Å². The molecule has 0 aliphatic heterocycles. The summed E-state index contributed by atoms with van der Waals surface area (Å²) >= 11 is 8.59. The minimum Gasteiger partial charge on any atom is -0.450 e. The van der Waals surface area contributed by atoms with Gasteiger partial charge in [-0.2, -0.15) is 4.98 Å². The van der Waals surface area contributed by atoms with E-state index in [-0.39, 0.29) is 5.28 Å². The van der Waals surface area contributed by atoms with Crippen LogP contribution in [-0.2, 0) is 0 Å². The molecule has 0 radical (unpaired) electrons. The normalized spacial score (nSPS) is 12.3. The average molecular weight is 694 g/mol. The molecule has 4 nitrogen and oxygen atoms in total. The van der Waals surface area contributed by atoms with Gasteiger partial charge in [0.25, 0.3) is 0 Å². The van der Waals surface area contributed by atoms with Crippen molar-refractivity contribution < 1.29 is 4.42 Å². The number of benzene rings is 6. The first-order valence-corrected chi connectivity index (χ1v) is 18.0. The zero-order chi connectivity index (χ0) is 34.2. The molecule has 10 aromatic rings. The molecule has 0 amide bonds. The Kier molecular flexibility index (Phi) is 6.75. The Hall–Kier alpha value is -6.01. The topological polar surface area (TPSA) is 43.9 Å². The summed E-state index contributed by atoms with van der Waals surface area (Å²) in [5.41, 5.74) is 9.68. The van der Waals surface area contributed by atoms with Crippen LogP contribution in [0.15, 0.2) is 144 Å². The van der Waals surface area contributed by atoms with Gasteiger partial charge in [0.2, 0.25) is 5.28 Å². The molecular formula is C45H28ClN3OS. The maximum atomic E-state index is 6.78.